The highest BCUT2D eigenvalue weighted by atomic mass is 79.9. The molecule has 0 bridgehead atoms. The summed E-state index contributed by atoms with van der Waals surface area (Å²) in [4.78, 5) is 26.2. The van der Waals surface area contributed by atoms with Gasteiger partial charge in [-0.3, -0.25) is 9.69 Å². The molecule has 1 N–H and O–H groups in total. The number of ether oxygens (including phenoxy) is 1. The molecule has 1 heterocycles. The molecule has 5 nitrogen and oxygen atoms in total. The number of hydrogen-bond donors (Lipinski definition) is 1. The minimum Gasteiger partial charge on any atom is -0.444 e. The zero-order valence-electron chi connectivity index (χ0n) is 15.0. The Morgan fingerprint density at radius 3 is 2.35 bits per heavy atom. The molecular weight excluding hydrogens is 396 g/mol. The predicted octanol–water partition coefficient (Wildman–Crippen LogP) is 4.95. The van der Waals surface area contributed by atoms with Crippen LogP contribution in [0.2, 0.25) is 0 Å². The van der Waals surface area contributed by atoms with E-state index in [1.165, 1.54) is 0 Å². The number of fused-ring (bicyclic) bond motifs is 1. The first-order valence-corrected chi connectivity index (χ1v) is 9.17. The third-order valence-electron chi connectivity index (χ3n) is 3.94. The molecule has 0 aliphatic carbocycles. The molecule has 136 valence electrons. The molecular formula is C20H21BrN2O3. The minimum atomic E-state index is -0.518. The monoisotopic (exact) mass is 416 g/mol. The fourth-order valence-corrected chi connectivity index (χ4v) is 3.00. The highest BCUT2D eigenvalue weighted by Crippen LogP contribution is 2.27. The van der Waals surface area contributed by atoms with Crippen LogP contribution >= 0.6 is 15.9 Å². The van der Waals surface area contributed by atoms with Crippen molar-refractivity contribution in [2.75, 3.05) is 5.32 Å². The van der Waals surface area contributed by atoms with Gasteiger partial charge in [0.1, 0.15) is 5.60 Å². The predicted molar refractivity (Wildman–Crippen MR) is 104 cm³/mol. The fraction of sp³-hybridized carbons (Fsp3) is 0.300. The molecule has 0 saturated heterocycles. The van der Waals surface area contributed by atoms with Crippen LogP contribution < -0.4 is 5.32 Å². The van der Waals surface area contributed by atoms with Crippen molar-refractivity contribution in [3.63, 3.8) is 0 Å². The largest absolute Gasteiger partial charge is 0.444 e. The molecule has 1 aliphatic heterocycles. The topological polar surface area (TPSA) is 58.6 Å². The van der Waals surface area contributed by atoms with Gasteiger partial charge in [0.25, 0.3) is 5.91 Å². The van der Waals surface area contributed by atoms with Crippen LogP contribution in [0.3, 0.4) is 0 Å². The van der Waals surface area contributed by atoms with E-state index in [2.05, 4.69) is 21.2 Å². The average molecular weight is 417 g/mol. The van der Waals surface area contributed by atoms with Crippen LogP contribution in [-0.2, 0) is 17.8 Å². The summed E-state index contributed by atoms with van der Waals surface area (Å²) < 4.78 is 6.35. The van der Waals surface area contributed by atoms with E-state index < -0.39 is 5.60 Å². The maximum absolute atomic E-state index is 12.3. The van der Waals surface area contributed by atoms with Crippen molar-refractivity contribution in [1.82, 2.24) is 4.90 Å². The Labute approximate surface area is 161 Å². The van der Waals surface area contributed by atoms with Gasteiger partial charge in [-0.05, 0) is 68.3 Å². The number of benzene rings is 2. The highest BCUT2D eigenvalue weighted by Gasteiger charge is 2.27. The lowest BCUT2D eigenvalue weighted by atomic mass is 10.1. The molecule has 0 saturated carbocycles. The maximum Gasteiger partial charge on any atom is 0.410 e. The van der Waals surface area contributed by atoms with Gasteiger partial charge in [0, 0.05) is 28.8 Å². The zero-order valence-corrected chi connectivity index (χ0v) is 16.6. The summed E-state index contributed by atoms with van der Waals surface area (Å²) in [7, 11) is 0. The first-order chi connectivity index (χ1) is 12.2. The zero-order chi connectivity index (χ0) is 18.9. The summed E-state index contributed by atoms with van der Waals surface area (Å²) in [6, 6.07) is 12.9. The molecule has 0 atom stereocenters. The van der Waals surface area contributed by atoms with E-state index >= 15 is 0 Å². The Balaban J connectivity index is 1.68. The van der Waals surface area contributed by atoms with Gasteiger partial charge in [-0.2, -0.15) is 0 Å². The van der Waals surface area contributed by atoms with Crippen LogP contribution in [0.1, 0.15) is 42.3 Å². The summed E-state index contributed by atoms with van der Waals surface area (Å²) in [5.74, 6) is -0.167. The number of nitrogens with one attached hydrogen (secondary N) is 1. The lowest BCUT2D eigenvalue weighted by molar-refractivity contribution is 0.0241. The van der Waals surface area contributed by atoms with Crippen molar-refractivity contribution in [2.24, 2.45) is 0 Å². The summed E-state index contributed by atoms with van der Waals surface area (Å²) >= 11 is 3.36. The van der Waals surface area contributed by atoms with Gasteiger partial charge in [0.2, 0.25) is 0 Å². The Morgan fingerprint density at radius 1 is 1.04 bits per heavy atom. The maximum atomic E-state index is 12.3. The summed E-state index contributed by atoms with van der Waals surface area (Å²) in [5.41, 5.74) is 2.86. The molecule has 0 aromatic heterocycles. The minimum absolute atomic E-state index is 0.167. The van der Waals surface area contributed by atoms with Crippen LogP contribution in [-0.4, -0.2) is 22.5 Å². The first-order valence-electron chi connectivity index (χ1n) is 8.38. The lowest BCUT2D eigenvalue weighted by Crippen LogP contribution is -2.33. The van der Waals surface area contributed by atoms with Crippen LogP contribution in [0.5, 0.6) is 0 Å². The van der Waals surface area contributed by atoms with E-state index in [1.807, 2.05) is 51.1 Å². The number of carbonyl (C=O) groups excluding carboxylic acids is 2. The number of amides is 2. The summed E-state index contributed by atoms with van der Waals surface area (Å²) in [6.45, 7) is 6.55. The third-order valence-corrected chi connectivity index (χ3v) is 4.47. The number of carbonyl (C=O) groups is 2. The van der Waals surface area contributed by atoms with Crippen LogP contribution in [0.15, 0.2) is 46.9 Å². The Morgan fingerprint density at radius 2 is 1.69 bits per heavy atom. The number of anilines is 1. The number of rotatable bonds is 2. The molecule has 3 rings (SSSR count). The van der Waals surface area contributed by atoms with Gasteiger partial charge < -0.3 is 10.1 Å². The van der Waals surface area contributed by atoms with Crippen molar-refractivity contribution in [1.29, 1.82) is 0 Å². The van der Waals surface area contributed by atoms with Crippen LogP contribution in [0.4, 0.5) is 10.5 Å². The number of halogens is 1. The van der Waals surface area contributed by atoms with Gasteiger partial charge in [0.05, 0.1) is 0 Å². The SMILES string of the molecule is CC(C)(C)OC(=O)N1Cc2ccc(NC(=O)c3ccc(Br)cc3)cc2C1. The van der Waals surface area contributed by atoms with Crippen molar-refractivity contribution in [3.05, 3.63) is 63.6 Å². The molecule has 0 unspecified atom stereocenters. The van der Waals surface area contributed by atoms with Gasteiger partial charge in [0.15, 0.2) is 0 Å². The molecule has 0 spiro atoms. The average Bonchev–Trinajstić information content (AvgIpc) is 2.97. The lowest BCUT2D eigenvalue weighted by Gasteiger charge is -2.24. The van der Waals surface area contributed by atoms with E-state index in [9.17, 15) is 9.59 Å². The smallest absolute Gasteiger partial charge is 0.410 e. The highest BCUT2D eigenvalue weighted by molar-refractivity contribution is 9.10. The second kappa shape index (κ2) is 7.11. The molecule has 2 aromatic carbocycles. The van der Waals surface area contributed by atoms with Crippen LogP contribution in [0.25, 0.3) is 0 Å². The van der Waals surface area contributed by atoms with E-state index in [4.69, 9.17) is 4.74 Å². The van der Waals surface area contributed by atoms with Gasteiger partial charge in [-0.15, -0.1) is 0 Å². The second-order valence-corrected chi connectivity index (χ2v) is 8.20. The molecule has 1 aliphatic rings. The van der Waals surface area contributed by atoms with Gasteiger partial charge in [-0.25, -0.2) is 4.79 Å². The summed E-state index contributed by atoms with van der Waals surface area (Å²) in [6.07, 6.45) is -0.325. The Hall–Kier alpha value is -2.34. The van der Waals surface area contributed by atoms with Crippen molar-refractivity contribution < 1.29 is 14.3 Å². The molecule has 0 radical (unpaired) electrons. The van der Waals surface area contributed by atoms with E-state index in [0.717, 1.165) is 15.6 Å². The number of hydrogen-bond acceptors (Lipinski definition) is 3. The van der Waals surface area contributed by atoms with E-state index in [0.29, 0.717) is 24.3 Å². The molecule has 26 heavy (non-hydrogen) atoms. The second-order valence-electron chi connectivity index (χ2n) is 7.28. The Kier molecular flexibility index (Phi) is 5.05. The standard InChI is InChI=1S/C20H21BrN2O3/c1-20(2,3)26-19(25)23-11-14-6-9-17(10-15(14)12-23)22-18(24)13-4-7-16(21)8-5-13/h4-10H,11-12H2,1-3H3,(H,22,24). The van der Waals surface area contributed by atoms with Crippen molar-refractivity contribution in [3.8, 4) is 0 Å². The molecule has 0 fully saturated rings. The Bertz CT molecular complexity index is 841. The van der Waals surface area contributed by atoms with Crippen molar-refractivity contribution in [2.45, 2.75) is 39.5 Å². The number of nitrogens with zero attached hydrogens (tertiary/aromatic N) is 1. The normalized spacial score (nSPS) is 13.3. The van der Waals surface area contributed by atoms with E-state index in [-0.39, 0.29) is 12.0 Å². The third kappa shape index (κ3) is 4.43. The van der Waals surface area contributed by atoms with E-state index in [1.54, 1.807) is 17.0 Å². The quantitative estimate of drug-likeness (QED) is 0.752. The van der Waals surface area contributed by atoms with Crippen molar-refractivity contribution >= 4 is 33.6 Å². The van der Waals surface area contributed by atoms with Crippen LogP contribution in [0, 0.1) is 0 Å². The van der Waals surface area contributed by atoms with Gasteiger partial charge in [-0.1, -0.05) is 22.0 Å². The summed E-state index contributed by atoms with van der Waals surface area (Å²) in [5, 5.41) is 2.90. The molecule has 6 heteroatoms. The first kappa shape index (κ1) is 18.5. The molecule has 2 amide bonds. The fourth-order valence-electron chi connectivity index (χ4n) is 2.73. The van der Waals surface area contributed by atoms with Gasteiger partial charge >= 0.3 is 6.09 Å². The molecule has 2 aromatic rings.